The van der Waals surface area contributed by atoms with Crippen LogP contribution in [0.5, 0.6) is 0 Å². The molecule has 1 aromatic rings. The molecule has 0 saturated carbocycles. The van der Waals surface area contributed by atoms with Crippen molar-refractivity contribution >= 4 is 15.9 Å². The minimum absolute atomic E-state index is 0.403. The van der Waals surface area contributed by atoms with Crippen molar-refractivity contribution in [1.82, 2.24) is 0 Å². The standard InChI is InChI=1S/C13H15BrO/c1-9-8-11(6-7-12(9)14)13(15)10-4-2-3-5-10/h4,6-8,13,15H,2-3,5H2,1H3. The zero-order valence-corrected chi connectivity index (χ0v) is 10.4. The maximum atomic E-state index is 10.2. The lowest BCUT2D eigenvalue weighted by Crippen LogP contribution is -2.00. The zero-order valence-electron chi connectivity index (χ0n) is 8.83. The summed E-state index contributed by atoms with van der Waals surface area (Å²) in [6, 6.07) is 6.04. The molecule has 0 fully saturated rings. The third-order valence-electron chi connectivity index (χ3n) is 2.93. The van der Waals surface area contributed by atoms with E-state index in [-0.39, 0.29) is 0 Å². The number of hydrogen-bond donors (Lipinski definition) is 1. The molecule has 2 rings (SSSR count). The van der Waals surface area contributed by atoms with Crippen LogP contribution in [-0.2, 0) is 0 Å². The summed E-state index contributed by atoms with van der Waals surface area (Å²) in [6.45, 7) is 2.04. The number of aryl methyl sites for hydroxylation is 1. The first-order valence-corrected chi connectivity index (χ1v) is 6.11. The number of hydrogen-bond acceptors (Lipinski definition) is 1. The van der Waals surface area contributed by atoms with Crippen molar-refractivity contribution < 1.29 is 5.11 Å². The van der Waals surface area contributed by atoms with Crippen molar-refractivity contribution in [2.75, 3.05) is 0 Å². The van der Waals surface area contributed by atoms with Gasteiger partial charge in [-0.25, -0.2) is 0 Å². The Kier molecular flexibility index (Phi) is 3.27. The predicted molar refractivity (Wildman–Crippen MR) is 65.8 cm³/mol. The van der Waals surface area contributed by atoms with Crippen LogP contribution >= 0.6 is 15.9 Å². The van der Waals surface area contributed by atoms with E-state index in [0.717, 1.165) is 22.9 Å². The van der Waals surface area contributed by atoms with Crippen molar-refractivity contribution in [1.29, 1.82) is 0 Å². The molecule has 1 aliphatic carbocycles. The third-order valence-corrected chi connectivity index (χ3v) is 3.81. The average molecular weight is 267 g/mol. The topological polar surface area (TPSA) is 20.2 Å². The third kappa shape index (κ3) is 2.32. The summed E-state index contributed by atoms with van der Waals surface area (Å²) in [5.74, 6) is 0. The Morgan fingerprint density at radius 3 is 2.80 bits per heavy atom. The highest BCUT2D eigenvalue weighted by Gasteiger charge is 2.16. The quantitative estimate of drug-likeness (QED) is 0.806. The van der Waals surface area contributed by atoms with E-state index in [1.54, 1.807) is 0 Å². The van der Waals surface area contributed by atoms with Crippen LogP contribution in [0, 0.1) is 6.92 Å². The monoisotopic (exact) mass is 266 g/mol. The first-order chi connectivity index (χ1) is 7.18. The van der Waals surface area contributed by atoms with E-state index in [1.807, 2.05) is 25.1 Å². The molecule has 1 unspecified atom stereocenters. The summed E-state index contributed by atoms with van der Waals surface area (Å²) in [7, 11) is 0. The number of aliphatic hydroxyl groups excluding tert-OH is 1. The van der Waals surface area contributed by atoms with Gasteiger partial charge in [-0.05, 0) is 49.0 Å². The minimum Gasteiger partial charge on any atom is -0.384 e. The Hall–Kier alpha value is -0.600. The maximum absolute atomic E-state index is 10.2. The first kappa shape index (κ1) is 10.9. The van der Waals surface area contributed by atoms with Crippen molar-refractivity contribution in [2.45, 2.75) is 32.3 Å². The summed E-state index contributed by atoms with van der Waals surface area (Å²) >= 11 is 3.47. The van der Waals surface area contributed by atoms with Gasteiger partial charge in [-0.2, -0.15) is 0 Å². The first-order valence-electron chi connectivity index (χ1n) is 5.31. The van der Waals surface area contributed by atoms with Gasteiger partial charge in [0.2, 0.25) is 0 Å². The van der Waals surface area contributed by atoms with Crippen LogP contribution in [-0.4, -0.2) is 5.11 Å². The highest BCUT2D eigenvalue weighted by Crippen LogP contribution is 2.31. The molecule has 0 aliphatic heterocycles. The number of halogens is 1. The minimum atomic E-state index is -0.403. The Bertz CT molecular complexity index is 396. The van der Waals surface area contributed by atoms with Crippen LogP contribution in [0.15, 0.2) is 34.3 Å². The fourth-order valence-corrected chi connectivity index (χ4v) is 2.24. The van der Waals surface area contributed by atoms with E-state index in [0.29, 0.717) is 0 Å². The smallest absolute Gasteiger partial charge is 0.100 e. The van der Waals surface area contributed by atoms with Gasteiger partial charge in [0.1, 0.15) is 6.10 Å². The molecular formula is C13H15BrO. The highest BCUT2D eigenvalue weighted by molar-refractivity contribution is 9.10. The average Bonchev–Trinajstić information content (AvgIpc) is 2.74. The van der Waals surface area contributed by atoms with E-state index >= 15 is 0 Å². The van der Waals surface area contributed by atoms with Gasteiger partial charge in [-0.15, -0.1) is 0 Å². The van der Waals surface area contributed by atoms with E-state index in [2.05, 4.69) is 22.0 Å². The van der Waals surface area contributed by atoms with Crippen LogP contribution in [0.3, 0.4) is 0 Å². The largest absolute Gasteiger partial charge is 0.384 e. The Labute approximate surface area is 99.0 Å². The predicted octanol–water partition coefficient (Wildman–Crippen LogP) is 3.90. The van der Waals surface area contributed by atoms with Crippen molar-refractivity contribution in [3.05, 3.63) is 45.4 Å². The number of benzene rings is 1. The van der Waals surface area contributed by atoms with Gasteiger partial charge in [-0.1, -0.05) is 34.1 Å². The molecule has 0 saturated heterocycles. The Balaban J connectivity index is 2.25. The maximum Gasteiger partial charge on any atom is 0.100 e. The van der Waals surface area contributed by atoms with Crippen LogP contribution in [0.2, 0.25) is 0 Å². The summed E-state index contributed by atoms with van der Waals surface area (Å²) < 4.78 is 1.10. The second-order valence-electron chi connectivity index (χ2n) is 4.08. The van der Waals surface area contributed by atoms with E-state index in [9.17, 15) is 5.11 Å². The Morgan fingerprint density at radius 1 is 1.40 bits per heavy atom. The van der Waals surface area contributed by atoms with Gasteiger partial charge in [0.25, 0.3) is 0 Å². The van der Waals surface area contributed by atoms with E-state index in [4.69, 9.17) is 0 Å². The molecule has 2 heteroatoms. The van der Waals surface area contributed by atoms with Crippen LogP contribution in [0.1, 0.15) is 36.5 Å². The lowest BCUT2D eigenvalue weighted by molar-refractivity contribution is 0.212. The normalized spacial score (nSPS) is 17.7. The molecule has 1 N–H and O–H groups in total. The highest BCUT2D eigenvalue weighted by atomic mass is 79.9. The van der Waals surface area contributed by atoms with Crippen molar-refractivity contribution in [3.63, 3.8) is 0 Å². The molecule has 1 aliphatic rings. The molecule has 80 valence electrons. The van der Waals surface area contributed by atoms with Gasteiger partial charge in [0.05, 0.1) is 0 Å². The second kappa shape index (κ2) is 4.50. The van der Waals surface area contributed by atoms with Gasteiger partial charge < -0.3 is 5.11 Å². The molecule has 0 amide bonds. The number of aliphatic hydroxyl groups is 1. The SMILES string of the molecule is Cc1cc(C(O)C2=CCCC2)ccc1Br. The molecule has 1 nitrogen and oxygen atoms in total. The van der Waals surface area contributed by atoms with Gasteiger partial charge in [0.15, 0.2) is 0 Å². The molecule has 0 aromatic heterocycles. The number of allylic oxidation sites excluding steroid dienone is 1. The lowest BCUT2D eigenvalue weighted by atomic mass is 10.00. The molecule has 0 radical (unpaired) electrons. The van der Waals surface area contributed by atoms with Gasteiger partial charge >= 0.3 is 0 Å². The van der Waals surface area contributed by atoms with Gasteiger partial charge in [-0.3, -0.25) is 0 Å². The van der Waals surface area contributed by atoms with Crippen LogP contribution in [0.25, 0.3) is 0 Å². The Morgan fingerprint density at radius 2 is 2.20 bits per heavy atom. The molecule has 0 bridgehead atoms. The van der Waals surface area contributed by atoms with E-state index in [1.165, 1.54) is 17.6 Å². The zero-order chi connectivity index (χ0) is 10.8. The fourth-order valence-electron chi connectivity index (χ4n) is 2.00. The molecular weight excluding hydrogens is 252 g/mol. The van der Waals surface area contributed by atoms with Crippen LogP contribution < -0.4 is 0 Å². The summed E-state index contributed by atoms with van der Waals surface area (Å²) in [6.07, 6.45) is 5.10. The second-order valence-corrected chi connectivity index (χ2v) is 4.94. The molecule has 15 heavy (non-hydrogen) atoms. The molecule has 1 atom stereocenters. The molecule has 1 aromatic carbocycles. The number of rotatable bonds is 2. The summed E-state index contributed by atoms with van der Waals surface area (Å²) in [4.78, 5) is 0. The van der Waals surface area contributed by atoms with Gasteiger partial charge in [0, 0.05) is 4.47 Å². The molecule has 0 heterocycles. The lowest BCUT2D eigenvalue weighted by Gasteiger charge is -2.13. The summed E-state index contributed by atoms with van der Waals surface area (Å²) in [5, 5.41) is 10.2. The van der Waals surface area contributed by atoms with Crippen molar-refractivity contribution in [2.24, 2.45) is 0 Å². The fraction of sp³-hybridized carbons (Fsp3) is 0.385. The van der Waals surface area contributed by atoms with E-state index < -0.39 is 6.10 Å². The summed E-state index contributed by atoms with van der Waals surface area (Å²) in [5.41, 5.74) is 3.35. The van der Waals surface area contributed by atoms with Crippen molar-refractivity contribution in [3.8, 4) is 0 Å². The molecule has 0 spiro atoms. The van der Waals surface area contributed by atoms with Crippen LogP contribution in [0.4, 0.5) is 0 Å².